The quantitative estimate of drug-likeness (QED) is 0.762. The van der Waals surface area contributed by atoms with Crippen molar-refractivity contribution in [3.63, 3.8) is 0 Å². The molecular formula is C19H29FN4O2. The molecule has 1 N–H and O–H groups in total. The minimum absolute atomic E-state index is 0.149. The van der Waals surface area contributed by atoms with E-state index in [2.05, 4.69) is 22.0 Å². The number of rotatable bonds is 8. The summed E-state index contributed by atoms with van der Waals surface area (Å²) in [4.78, 5) is 30.3. The van der Waals surface area contributed by atoms with E-state index in [0.717, 1.165) is 45.6 Å². The Morgan fingerprint density at radius 1 is 1.15 bits per heavy atom. The van der Waals surface area contributed by atoms with Gasteiger partial charge < -0.3 is 10.2 Å². The van der Waals surface area contributed by atoms with Crippen molar-refractivity contribution in [2.24, 2.45) is 0 Å². The molecule has 1 saturated heterocycles. The van der Waals surface area contributed by atoms with E-state index in [4.69, 9.17) is 0 Å². The van der Waals surface area contributed by atoms with Gasteiger partial charge in [-0.1, -0.05) is 19.4 Å². The van der Waals surface area contributed by atoms with Gasteiger partial charge in [-0.15, -0.1) is 0 Å². The first-order chi connectivity index (χ1) is 12.5. The number of hydrogen-bond donors (Lipinski definition) is 1. The van der Waals surface area contributed by atoms with Crippen molar-refractivity contribution >= 4 is 17.5 Å². The average Bonchev–Trinajstić information content (AvgIpc) is 2.61. The van der Waals surface area contributed by atoms with Crippen LogP contribution in [0.15, 0.2) is 24.3 Å². The van der Waals surface area contributed by atoms with Crippen molar-refractivity contribution in [2.75, 3.05) is 58.2 Å². The van der Waals surface area contributed by atoms with Crippen molar-refractivity contribution in [3.8, 4) is 0 Å². The molecule has 1 heterocycles. The third-order valence-corrected chi connectivity index (χ3v) is 4.57. The number of carbonyl (C=O) groups is 2. The Morgan fingerprint density at radius 2 is 1.81 bits per heavy atom. The number of carbonyl (C=O) groups excluding carboxylic acids is 2. The summed E-state index contributed by atoms with van der Waals surface area (Å²) in [5, 5.41) is 2.71. The molecule has 1 aromatic rings. The highest BCUT2D eigenvalue weighted by Gasteiger charge is 2.21. The van der Waals surface area contributed by atoms with Crippen molar-refractivity contribution in [1.82, 2.24) is 14.7 Å². The lowest BCUT2D eigenvalue weighted by Gasteiger charge is -2.34. The maximum absolute atomic E-state index is 13.2. The lowest BCUT2D eigenvalue weighted by atomic mass is 10.2. The normalized spacial score (nSPS) is 15.7. The van der Waals surface area contributed by atoms with Crippen LogP contribution in [0.2, 0.25) is 0 Å². The molecule has 1 aliphatic rings. The fraction of sp³-hybridized carbons (Fsp3) is 0.579. The molecule has 0 radical (unpaired) electrons. The molecule has 0 bridgehead atoms. The Bertz CT molecular complexity index is 603. The SMILES string of the molecule is CCCCN(C)C(=O)CN1CCN(CC(=O)Nc2cccc(F)c2)CC1. The second-order valence-electron chi connectivity index (χ2n) is 6.78. The van der Waals surface area contributed by atoms with Gasteiger partial charge in [0.1, 0.15) is 5.82 Å². The molecule has 7 heteroatoms. The van der Waals surface area contributed by atoms with E-state index in [9.17, 15) is 14.0 Å². The zero-order valence-electron chi connectivity index (χ0n) is 15.7. The number of nitrogens with zero attached hydrogens (tertiary/aromatic N) is 3. The predicted octanol–water partition coefficient (Wildman–Crippen LogP) is 1.64. The van der Waals surface area contributed by atoms with Crippen LogP contribution in [-0.4, -0.2) is 79.4 Å². The van der Waals surface area contributed by atoms with Gasteiger partial charge in [0.15, 0.2) is 0 Å². The summed E-state index contributed by atoms with van der Waals surface area (Å²) in [6.45, 7) is 6.63. The van der Waals surface area contributed by atoms with Crippen LogP contribution in [0.25, 0.3) is 0 Å². The molecule has 6 nitrogen and oxygen atoms in total. The molecule has 0 saturated carbocycles. The van der Waals surface area contributed by atoms with Crippen LogP contribution in [0.3, 0.4) is 0 Å². The molecule has 0 atom stereocenters. The first-order valence-corrected chi connectivity index (χ1v) is 9.22. The van der Waals surface area contributed by atoms with Crippen molar-refractivity contribution in [1.29, 1.82) is 0 Å². The van der Waals surface area contributed by atoms with E-state index in [1.807, 2.05) is 7.05 Å². The maximum atomic E-state index is 13.2. The van der Waals surface area contributed by atoms with E-state index in [-0.39, 0.29) is 24.2 Å². The summed E-state index contributed by atoms with van der Waals surface area (Å²) in [6, 6.07) is 5.88. The van der Waals surface area contributed by atoms with Crippen LogP contribution in [0, 0.1) is 5.82 Å². The smallest absolute Gasteiger partial charge is 0.238 e. The highest BCUT2D eigenvalue weighted by molar-refractivity contribution is 5.92. The maximum Gasteiger partial charge on any atom is 0.238 e. The number of benzene rings is 1. The van der Waals surface area contributed by atoms with Crippen LogP contribution < -0.4 is 5.32 Å². The van der Waals surface area contributed by atoms with Crippen LogP contribution in [-0.2, 0) is 9.59 Å². The molecule has 2 rings (SSSR count). The fourth-order valence-corrected chi connectivity index (χ4v) is 2.91. The van der Waals surface area contributed by atoms with Gasteiger partial charge in [0.05, 0.1) is 13.1 Å². The van der Waals surface area contributed by atoms with Crippen molar-refractivity contribution in [2.45, 2.75) is 19.8 Å². The number of halogens is 1. The Morgan fingerprint density at radius 3 is 2.42 bits per heavy atom. The Balaban J connectivity index is 1.69. The molecule has 0 aromatic heterocycles. The van der Waals surface area contributed by atoms with Crippen LogP contribution in [0.1, 0.15) is 19.8 Å². The van der Waals surface area contributed by atoms with Gasteiger partial charge in [0.2, 0.25) is 11.8 Å². The minimum atomic E-state index is -0.370. The van der Waals surface area contributed by atoms with E-state index in [0.29, 0.717) is 12.2 Å². The third kappa shape index (κ3) is 6.72. The summed E-state index contributed by atoms with van der Waals surface area (Å²) in [5.41, 5.74) is 0.467. The molecule has 0 aliphatic carbocycles. The number of amides is 2. The molecule has 1 fully saturated rings. The van der Waals surface area contributed by atoms with Gasteiger partial charge in [0.25, 0.3) is 0 Å². The monoisotopic (exact) mass is 364 g/mol. The molecule has 1 aliphatic heterocycles. The lowest BCUT2D eigenvalue weighted by molar-refractivity contribution is -0.131. The van der Waals surface area contributed by atoms with Crippen LogP contribution >= 0.6 is 0 Å². The zero-order chi connectivity index (χ0) is 18.9. The summed E-state index contributed by atoms with van der Waals surface area (Å²) in [5.74, 6) is -0.375. The molecule has 26 heavy (non-hydrogen) atoms. The number of anilines is 1. The standard InChI is InChI=1S/C19H29FN4O2/c1-3-4-8-22(2)19(26)15-24-11-9-23(10-12-24)14-18(25)21-17-7-5-6-16(20)13-17/h5-7,13H,3-4,8-12,14-15H2,1-2H3,(H,21,25). The summed E-state index contributed by atoms with van der Waals surface area (Å²) >= 11 is 0. The van der Waals surface area contributed by atoms with Gasteiger partial charge in [0, 0.05) is 45.5 Å². The Kier molecular flexibility index (Phi) is 8.00. The second-order valence-corrected chi connectivity index (χ2v) is 6.78. The van der Waals surface area contributed by atoms with Gasteiger partial charge in [-0.3, -0.25) is 19.4 Å². The molecule has 0 unspecified atom stereocenters. The molecule has 2 amide bonds. The van der Waals surface area contributed by atoms with E-state index in [1.165, 1.54) is 12.1 Å². The van der Waals surface area contributed by atoms with Gasteiger partial charge in [-0.2, -0.15) is 0 Å². The molecular weight excluding hydrogens is 335 g/mol. The van der Waals surface area contributed by atoms with E-state index >= 15 is 0 Å². The zero-order valence-corrected chi connectivity index (χ0v) is 15.7. The second kappa shape index (κ2) is 10.2. The Hall–Kier alpha value is -1.99. The van der Waals surface area contributed by atoms with Crippen LogP contribution in [0.5, 0.6) is 0 Å². The number of nitrogens with one attached hydrogen (secondary N) is 1. The average molecular weight is 364 g/mol. The van der Waals surface area contributed by atoms with E-state index in [1.54, 1.807) is 17.0 Å². The summed E-state index contributed by atoms with van der Waals surface area (Å²) in [7, 11) is 1.85. The number of piperazine rings is 1. The van der Waals surface area contributed by atoms with Gasteiger partial charge in [-0.25, -0.2) is 4.39 Å². The summed E-state index contributed by atoms with van der Waals surface area (Å²) in [6.07, 6.45) is 2.10. The fourth-order valence-electron chi connectivity index (χ4n) is 2.91. The third-order valence-electron chi connectivity index (χ3n) is 4.57. The van der Waals surface area contributed by atoms with Gasteiger partial charge >= 0.3 is 0 Å². The molecule has 144 valence electrons. The minimum Gasteiger partial charge on any atom is -0.345 e. The largest absolute Gasteiger partial charge is 0.345 e. The first kappa shape index (κ1) is 20.3. The lowest BCUT2D eigenvalue weighted by Crippen LogP contribution is -2.51. The first-order valence-electron chi connectivity index (χ1n) is 9.22. The summed E-state index contributed by atoms with van der Waals surface area (Å²) < 4.78 is 13.2. The van der Waals surface area contributed by atoms with Crippen molar-refractivity contribution in [3.05, 3.63) is 30.1 Å². The molecule has 0 spiro atoms. The number of likely N-dealkylation sites (N-methyl/N-ethyl adjacent to an activating group) is 1. The molecule has 1 aromatic carbocycles. The predicted molar refractivity (Wildman–Crippen MR) is 100 cm³/mol. The van der Waals surface area contributed by atoms with Crippen LogP contribution in [0.4, 0.5) is 10.1 Å². The van der Waals surface area contributed by atoms with Crippen molar-refractivity contribution < 1.29 is 14.0 Å². The van der Waals surface area contributed by atoms with E-state index < -0.39 is 0 Å². The topological polar surface area (TPSA) is 55.9 Å². The highest BCUT2D eigenvalue weighted by atomic mass is 19.1. The Labute approximate surface area is 154 Å². The van der Waals surface area contributed by atoms with Gasteiger partial charge in [-0.05, 0) is 24.6 Å². The number of hydrogen-bond acceptors (Lipinski definition) is 4. The highest BCUT2D eigenvalue weighted by Crippen LogP contribution is 2.09. The number of unbranched alkanes of at least 4 members (excludes halogenated alkanes) is 1.